The number of ether oxygens (including phenoxy) is 1. The lowest BCUT2D eigenvalue weighted by atomic mass is 10.1. The Labute approximate surface area is 182 Å². The molecule has 7 heteroatoms. The number of carbonyl (C=O) groups excluding carboxylic acids is 1. The third kappa shape index (κ3) is 5.47. The molecule has 1 heterocycles. The van der Waals surface area contributed by atoms with Gasteiger partial charge in [0.2, 0.25) is 5.91 Å². The Balaban J connectivity index is 0.00000300. The summed E-state index contributed by atoms with van der Waals surface area (Å²) in [5.41, 5.74) is 4.14. The van der Waals surface area contributed by atoms with Crippen LogP contribution in [0.1, 0.15) is 16.7 Å². The van der Waals surface area contributed by atoms with Gasteiger partial charge in [-0.05, 0) is 45.1 Å². The molecular weight excluding hydrogens is 406 g/mol. The van der Waals surface area contributed by atoms with E-state index in [4.69, 9.17) is 9.72 Å². The zero-order valence-electron chi connectivity index (χ0n) is 17.6. The second kappa shape index (κ2) is 10.1. The van der Waals surface area contributed by atoms with Crippen LogP contribution in [0.5, 0.6) is 5.75 Å². The van der Waals surface area contributed by atoms with Gasteiger partial charge in [-0.1, -0.05) is 47.2 Å². The van der Waals surface area contributed by atoms with Crippen LogP contribution >= 0.6 is 23.7 Å². The number of likely N-dealkylation sites (N-methyl/N-ethyl adjacent to an activating group) is 1. The van der Waals surface area contributed by atoms with Crippen LogP contribution in [0.25, 0.3) is 10.2 Å². The predicted octanol–water partition coefficient (Wildman–Crippen LogP) is 4.48. The third-order valence-corrected chi connectivity index (χ3v) is 5.87. The maximum Gasteiger partial charge on any atom is 0.233 e. The molecule has 0 saturated carbocycles. The van der Waals surface area contributed by atoms with Crippen molar-refractivity contribution in [3.63, 3.8) is 0 Å². The SMILES string of the molecule is COc1ccc(C)c2sc(N(CCN(C)C)C(=O)Cc3cccc(C)c3)nc12.Cl. The van der Waals surface area contributed by atoms with E-state index in [2.05, 4.69) is 17.9 Å². The van der Waals surface area contributed by atoms with E-state index in [0.717, 1.165) is 44.3 Å². The van der Waals surface area contributed by atoms with Crippen molar-refractivity contribution < 1.29 is 9.53 Å². The standard InChI is InChI=1S/C22H27N3O2S.ClH/c1-15-7-6-8-17(13-15)14-19(26)25(12-11-24(3)4)22-23-20-18(27-5)10-9-16(2)21(20)28-22;/h6-10,13H,11-12,14H2,1-5H3;1H. The fourth-order valence-corrected chi connectivity index (χ4v) is 4.19. The largest absolute Gasteiger partial charge is 0.494 e. The van der Waals surface area contributed by atoms with Crippen molar-refractivity contribution >= 4 is 45.0 Å². The second-order valence-corrected chi connectivity index (χ2v) is 8.25. The summed E-state index contributed by atoms with van der Waals surface area (Å²) in [6.07, 6.45) is 0.362. The first-order valence-corrected chi connectivity index (χ1v) is 10.2. The Kier molecular flexibility index (Phi) is 8.02. The zero-order chi connectivity index (χ0) is 20.3. The fraction of sp³-hybridized carbons (Fsp3) is 0.364. The zero-order valence-corrected chi connectivity index (χ0v) is 19.2. The van der Waals surface area contributed by atoms with Gasteiger partial charge in [0.15, 0.2) is 5.13 Å². The van der Waals surface area contributed by atoms with Crippen LogP contribution in [-0.4, -0.2) is 50.1 Å². The smallest absolute Gasteiger partial charge is 0.233 e. The molecule has 3 aromatic rings. The summed E-state index contributed by atoms with van der Waals surface area (Å²) in [7, 11) is 5.67. The van der Waals surface area contributed by atoms with Gasteiger partial charge in [0.1, 0.15) is 11.3 Å². The topological polar surface area (TPSA) is 45.7 Å². The number of carbonyl (C=O) groups is 1. The number of rotatable bonds is 7. The van der Waals surface area contributed by atoms with E-state index in [1.165, 1.54) is 0 Å². The Morgan fingerprint density at radius 2 is 1.90 bits per heavy atom. The highest BCUT2D eigenvalue weighted by Crippen LogP contribution is 2.36. The Bertz CT molecular complexity index is 987. The molecule has 0 radical (unpaired) electrons. The molecule has 1 amide bonds. The molecule has 0 aliphatic carbocycles. The molecule has 3 rings (SSSR count). The van der Waals surface area contributed by atoms with Crippen molar-refractivity contribution in [3.05, 3.63) is 53.1 Å². The summed E-state index contributed by atoms with van der Waals surface area (Å²) in [5.74, 6) is 0.796. The molecule has 0 fully saturated rings. The van der Waals surface area contributed by atoms with Crippen LogP contribution < -0.4 is 9.64 Å². The number of anilines is 1. The Morgan fingerprint density at radius 3 is 2.55 bits per heavy atom. The number of aryl methyl sites for hydroxylation is 2. The predicted molar refractivity (Wildman–Crippen MR) is 124 cm³/mol. The average molecular weight is 434 g/mol. The highest BCUT2D eigenvalue weighted by Gasteiger charge is 2.22. The summed E-state index contributed by atoms with van der Waals surface area (Å²) in [6, 6.07) is 12.1. The van der Waals surface area contributed by atoms with Crippen LogP contribution in [0, 0.1) is 13.8 Å². The minimum atomic E-state index is 0. The van der Waals surface area contributed by atoms with Crippen molar-refractivity contribution in [3.8, 4) is 5.75 Å². The van der Waals surface area contributed by atoms with Gasteiger partial charge in [-0.15, -0.1) is 12.4 Å². The molecule has 0 spiro atoms. The molecule has 0 bridgehead atoms. The molecule has 0 N–H and O–H groups in total. The van der Waals surface area contributed by atoms with Crippen LogP contribution in [0.3, 0.4) is 0 Å². The summed E-state index contributed by atoms with van der Waals surface area (Å²) in [5, 5.41) is 0.724. The molecule has 29 heavy (non-hydrogen) atoms. The van der Waals surface area contributed by atoms with E-state index in [1.54, 1.807) is 18.4 Å². The summed E-state index contributed by atoms with van der Waals surface area (Å²) >= 11 is 1.55. The minimum Gasteiger partial charge on any atom is -0.494 e. The van der Waals surface area contributed by atoms with Crippen molar-refractivity contribution in [2.45, 2.75) is 20.3 Å². The number of methoxy groups -OCH3 is 1. The maximum absolute atomic E-state index is 13.2. The molecule has 0 aliphatic heterocycles. The second-order valence-electron chi connectivity index (χ2n) is 7.27. The Hall–Kier alpha value is -2.15. The van der Waals surface area contributed by atoms with Crippen LogP contribution in [-0.2, 0) is 11.2 Å². The first-order chi connectivity index (χ1) is 13.4. The average Bonchev–Trinajstić information content (AvgIpc) is 3.08. The molecule has 2 aromatic carbocycles. The molecule has 0 aliphatic rings. The van der Waals surface area contributed by atoms with Gasteiger partial charge in [-0.3, -0.25) is 9.69 Å². The van der Waals surface area contributed by atoms with Gasteiger partial charge in [0, 0.05) is 13.1 Å². The van der Waals surface area contributed by atoms with Crippen LogP contribution in [0.4, 0.5) is 5.13 Å². The lowest BCUT2D eigenvalue weighted by Crippen LogP contribution is -2.37. The highest BCUT2D eigenvalue weighted by atomic mass is 35.5. The first-order valence-electron chi connectivity index (χ1n) is 9.34. The number of aromatic nitrogens is 1. The van der Waals surface area contributed by atoms with Gasteiger partial charge in [0.05, 0.1) is 18.2 Å². The first kappa shape index (κ1) is 23.1. The van der Waals surface area contributed by atoms with E-state index in [1.807, 2.05) is 56.3 Å². The summed E-state index contributed by atoms with van der Waals surface area (Å²) in [6.45, 7) is 5.47. The normalized spacial score (nSPS) is 10.8. The maximum atomic E-state index is 13.2. The molecule has 0 saturated heterocycles. The number of hydrogen-bond acceptors (Lipinski definition) is 5. The van der Waals surface area contributed by atoms with Crippen molar-refractivity contribution in [2.75, 3.05) is 39.2 Å². The number of nitrogens with zero attached hydrogens (tertiary/aromatic N) is 3. The minimum absolute atomic E-state index is 0. The molecule has 1 aromatic heterocycles. The van der Waals surface area contributed by atoms with E-state index in [9.17, 15) is 4.79 Å². The van der Waals surface area contributed by atoms with Gasteiger partial charge in [-0.2, -0.15) is 0 Å². The third-order valence-electron chi connectivity index (χ3n) is 4.65. The Morgan fingerprint density at radius 1 is 1.14 bits per heavy atom. The number of amides is 1. The van der Waals surface area contributed by atoms with Crippen LogP contribution in [0.2, 0.25) is 0 Å². The van der Waals surface area contributed by atoms with Gasteiger partial charge >= 0.3 is 0 Å². The molecular formula is C22H28ClN3O2S. The monoisotopic (exact) mass is 433 g/mol. The quantitative estimate of drug-likeness (QED) is 0.551. The van der Waals surface area contributed by atoms with E-state index < -0.39 is 0 Å². The number of halogens is 1. The lowest BCUT2D eigenvalue weighted by molar-refractivity contribution is -0.118. The van der Waals surface area contributed by atoms with E-state index in [-0.39, 0.29) is 18.3 Å². The summed E-state index contributed by atoms with van der Waals surface area (Å²) < 4.78 is 6.54. The number of hydrogen-bond donors (Lipinski definition) is 0. The molecule has 5 nitrogen and oxygen atoms in total. The van der Waals surface area contributed by atoms with Crippen molar-refractivity contribution in [2.24, 2.45) is 0 Å². The number of thiazole rings is 1. The molecule has 156 valence electrons. The lowest BCUT2D eigenvalue weighted by Gasteiger charge is -2.22. The van der Waals surface area contributed by atoms with Gasteiger partial charge in [0.25, 0.3) is 0 Å². The van der Waals surface area contributed by atoms with Crippen molar-refractivity contribution in [1.29, 1.82) is 0 Å². The highest BCUT2D eigenvalue weighted by molar-refractivity contribution is 7.22. The van der Waals surface area contributed by atoms with Crippen molar-refractivity contribution in [1.82, 2.24) is 9.88 Å². The van der Waals surface area contributed by atoms with E-state index >= 15 is 0 Å². The van der Waals surface area contributed by atoms with E-state index in [0.29, 0.717) is 13.0 Å². The van der Waals surface area contributed by atoms with Gasteiger partial charge in [-0.25, -0.2) is 4.98 Å². The molecule has 0 unspecified atom stereocenters. The fourth-order valence-electron chi connectivity index (χ4n) is 3.10. The number of benzene rings is 2. The van der Waals surface area contributed by atoms with Gasteiger partial charge < -0.3 is 9.64 Å². The number of fused-ring (bicyclic) bond motifs is 1. The van der Waals surface area contributed by atoms with Crippen LogP contribution in [0.15, 0.2) is 36.4 Å². The molecule has 0 atom stereocenters. The summed E-state index contributed by atoms with van der Waals surface area (Å²) in [4.78, 5) is 21.9.